The van der Waals surface area contributed by atoms with E-state index in [0.717, 1.165) is 73.6 Å². The zero-order valence-electron chi connectivity index (χ0n) is 26.1. The molecule has 1 aromatic carbocycles. The Morgan fingerprint density at radius 3 is 2.50 bits per heavy atom. The number of allylic oxidation sites excluding steroid dienone is 4. The second kappa shape index (κ2) is 19.1. The Kier molecular flexibility index (Phi) is 15.1. The average molecular weight is 581 g/mol. The van der Waals surface area contributed by atoms with Gasteiger partial charge in [0, 0.05) is 43.0 Å². The lowest BCUT2D eigenvalue weighted by Gasteiger charge is -2.25. The number of aromatic nitrogens is 1. The van der Waals surface area contributed by atoms with Crippen molar-refractivity contribution in [2.24, 2.45) is 0 Å². The number of aromatic amines is 1. The zero-order chi connectivity index (χ0) is 30.0. The maximum Gasteiger partial charge on any atom is 0.413 e. The van der Waals surface area contributed by atoms with Gasteiger partial charge in [-0.1, -0.05) is 63.3 Å². The Hall–Kier alpha value is -3.22. The van der Waals surface area contributed by atoms with E-state index >= 15 is 0 Å². The van der Waals surface area contributed by atoms with Crippen LogP contribution in [0.3, 0.4) is 0 Å². The summed E-state index contributed by atoms with van der Waals surface area (Å²) >= 11 is 0. The summed E-state index contributed by atoms with van der Waals surface area (Å²) < 4.78 is 16.3. The lowest BCUT2D eigenvalue weighted by Crippen LogP contribution is -2.39. The van der Waals surface area contributed by atoms with Crippen molar-refractivity contribution in [3.05, 3.63) is 54.3 Å². The predicted octanol–water partition coefficient (Wildman–Crippen LogP) is 9.02. The molecule has 0 aliphatic carbocycles. The first-order valence-corrected chi connectivity index (χ1v) is 16.1. The number of H-pyrrole nitrogens is 1. The number of likely N-dealkylation sites (tertiary alicyclic amines) is 1. The minimum absolute atomic E-state index is 0.0400. The number of benzene rings is 1. The van der Waals surface area contributed by atoms with Gasteiger partial charge in [0.25, 0.3) is 0 Å². The highest BCUT2D eigenvalue weighted by Gasteiger charge is 2.32. The number of fused-ring (bicyclic) bond motifs is 1. The standard InChI is InChI=1S/C35H52N2O5/c1-4-5-6-7-8-9-10-11-12-13-14-15-16-17-18-21-34(38)41-28(2)42-35(39)37-24-19-20-30(37)25-29-27-36-33-23-22-31(40-3)26-32(29)33/h8-9,11-12,22-23,26-28,30,36H,4-7,10,13-21,24-25H2,1-3H3/b9-8-,12-11-/t28?,30-/m1/s1. The van der Waals surface area contributed by atoms with E-state index in [4.69, 9.17) is 14.2 Å². The molecule has 1 aromatic heterocycles. The minimum atomic E-state index is -0.901. The third-order valence-electron chi connectivity index (χ3n) is 7.94. The SMILES string of the molecule is CCCCC/C=C\C/C=C\CCCCCCCC(=O)OC(C)OC(=O)N1CCC[C@@H]1Cc1c[nH]c2ccc(OC)cc12. The Bertz CT molecular complexity index is 1140. The van der Waals surface area contributed by atoms with Crippen LogP contribution >= 0.6 is 0 Å². The number of carbonyl (C=O) groups excluding carboxylic acids is 2. The van der Waals surface area contributed by atoms with Crippen LogP contribution in [0.1, 0.15) is 109 Å². The summed E-state index contributed by atoms with van der Waals surface area (Å²) in [5, 5.41) is 1.10. The molecular formula is C35H52N2O5. The smallest absolute Gasteiger partial charge is 0.413 e. The minimum Gasteiger partial charge on any atom is -0.497 e. The van der Waals surface area contributed by atoms with Gasteiger partial charge in [-0.25, -0.2) is 4.79 Å². The van der Waals surface area contributed by atoms with Gasteiger partial charge in [-0.3, -0.25) is 4.79 Å². The summed E-state index contributed by atoms with van der Waals surface area (Å²) in [4.78, 5) is 30.3. The summed E-state index contributed by atoms with van der Waals surface area (Å²) in [6, 6.07) is 6.00. The van der Waals surface area contributed by atoms with Gasteiger partial charge in [-0.05, 0) is 81.5 Å². The van der Waals surface area contributed by atoms with Crippen molar-refractivity contribution >= 4 is 23.0 Å². The van der Waals surface area contributed by atoms with Crippen LogP contribution in [-0.4, -0.2) is 47.9 Å². The van der Waals surface area contributed by atoms with Crippen molar-refractivity contribution in [2.45, 2.75) is 122 Å². The number of esters is 1. The third-order valence-corrected chi connectivity index (χ3v) is 7.94. The molecule has 1 amide bonds. The van der Waals surface area contributed by atoms with Crippen LogP contribution in [0.25, 0.3) is 10.9 Å². The lowest BCUT2D eigenvalue weighted by molar-refractivity contribution is -0.166. The summed E-state index contributed by atoms with van der Waals surface area (Å²) in [7, 11) is 1.66. The van der Waals surface area contributed by atoms with E-state index in [1.165, 1.54) is 38.5 Å². The highest BCUT2D eigenvalue weighted by Crippen LogP contribution is 2.28. The number of ether oxygens (including phenoxy) is 3. The summed E-state index contributed by atoms with van der Waals surface area (Å²) in [6.45, 7) is 4.49. The largest absolute Gasteiger partial charge is 0.497 e. The van der Waals surface area contributed by atoms with E-state index in [-0.39, 0.29) is 12.0 Å². The molecule has 0 saturated carbocycles. The second-order valence-corrected chi connectivity index (χ2v) is 11.3. The van der Waals surface area contributed by atoms with E-state index in [1.807, 2.05) is 24.4 Å². The Balaban J connectivity index is 1.26. The van der Waals surface area contributed by atoms with Crippen LogP contribution in [0.15, 0.2) is 48.7 Å². The normalized spacial score (nSPS) is 16.1. The van der Waals surface area contributed by atoms with Crippen molar-refractivity contribution in [3.63, 3.8) is 0 Å². The molecule has 7 nitrogen and oxygen atoms in total. The van der Waals surface area contributed by atoms with Crippen LogP contribution in [0.5, 0.6) is 5.75 Å². The molecule has 2 atom stereocenters. The molecule has 0 bridgehead atoms. The molecule has 1 saturated heterocycles. The number of amides is 1. The van der Waals surface area contributed by atoms with Crippen LogP contribution in [0.2, 0.25) is 0 Å². The van der Waals surface area contributed by atoms with Crippen LogP contribution < -0.4 is 4.74 Å². The number of rotatable bonds is 19. The van der Waals surface area contributed by atoms with Gasteiger partial charge in [0.05, 0.1) is 7.11 Å². The van der Waals surface area contributed by atoms with E-state index in [0.29, 0.717) is 13.0 Å². The molecule has 1 fully saturated rings. The third kappa shape index (κ3) is 11.6. The molecule has 2 heterocycles. The molecule has 1 aliphatic rings. The number of nitrogens with zero attached hydrogens (tertiary/aromatic N) is 1. The highest BCUT2D eigenvalue weighted by atomic mass is 16.7. The highest BCUT2D eigenvalue weighted by molar-refractivity contribution is 5.84. The summed E-state index contributed by atoms with van der Waals surface area (Å²) in [5.74, 6) is 0.494. The molecule has 0 spiro atoms. The molecule has 42 heavy (non-hydrogen) atoms. The number of hydrogen-bond donors (Lipinski definition) is 1. The lowest BCUT2D eigenvalue weighted by atomic mass is 10.0. The van der Waals surface area contributed by atoms with E-state index in [1.54, 1.807) is 18.9 Å². The number of carbonyl (C=O) groups is 2. The summed E-state index contributed by atoms with van der Waals surface area (Å²) in [5.41, 5.74) is 2.19. The second-order valence-electron chi connectivity index (χ2n) is 11.3. The molecule has 1 unspecified atom stereocenters. The Labute approximate surface area is 252 Å². The average Bonchev–Trinajstić information content (AvgIpc) is 3.62. The number of methoxy groups -OCH3 is 1. The monoisotopic (exact) mass is 580 g/mol. The Morgan fingerprint density at radius 1 is 1.00 bits per heavy atom. The van der Waals surface area contributed by atoms with Gasteiger partial charge < -0.3 is 24.1 Å². The molecule has 3 rings (SSSR count). The summed E-state index contributed by atoms with van der Waals surface area (Å²) in [6.07, 6.45) is 25.2. The van der Waals surface area contributed by atoms with Gasteiger partial charge in [0.2, 0.25) is 6.29 Å². The van der Waals surface area contributed by atoms with Crippen molar-refractivity contribution in [1.29, 1.82) is 0 Å². The number of hydrogen-bond acceptors (Lipinski definition) is 5. The number of nitrogens with one attached hydrogen (secondary N) is 1. The maximum absolute atomic E-state index is 12.9. The van der Waals surface area contributed by atoms with Gasteiger partial charge in [0.1, 0.15) is 5.75 Å². The molecule has 7 heteroatoms. The first-order chi connectivity index (χ1) is 20.5. The van der Waals surface area contributed by atoms with Crippen LogP contribution in [0, 0.1) is 0 Å². The molecular weight excluding hydrogens is 528 g/mol. The van der Waals surface area contributed by atoms with Crippen molar-refractivity contribution in [1.82, 2.24) is 9.88 Å². The van der Waals surface area contributed by atoms with E-state index in [2.05, 4.69) is 36.2 Å². The molecule has 232 valence electrons. The topological polar surface area (TPSA) is 80.9 Å². The van der Waals surface area contributed by atoms with Crippen LogP contribution in [0.4, 0.5) is 4.79 Å². The van der Waals surface area contributed by atoms with Gasteiger partial charge in [0.15, 0.2) is 0 Å². The maximum atomic E-state index is 12.9. The van der Waals surface area contributed by atoms with Gasteiger partial charge in [-0.15, -0.1) is 0 Å². The van der Waals surface area contributed by atoms with Crippen LogP contribution in [-0.2, 0) is 20.7 Å². The Morgan fingerprint density at radius 2 is 1.74 bits per heavy atom. The molecule has 2 aromatic rings. The van der Waals surface area contributed by atoms with Crippen molar-refractivity contribution < 1.29 is 23.8 Å². The quantitative estimate of drug-likeness (QED) is 0.0776. The molecule has 1 N–H and O–H groups in total. The van der Waals surface area contributed by atoms with E-state index < -0.39 is 12.4 Å². The molecule has 0 radical (unpaired) electrons. The molecule has 1 aliphatic heterocycles. The fourth-order valence-corrected chi connectivity index (χ4v) is 5.55. The van der Waals surface area contributed by atoms with Gasteiger partial charge in [-0.2, -0.15) is 0 Å². The van der Waals surface area contributed by atoms with Crippen molar-refractivity contribution in [2.75, 3.05) is 13.7 Å². The predicted molar refractivity (Wildman–Crippen MR) is 170 cm³/mol. The first kappa shape index (κ1) is 33.3. The zero-order valence-corrected chi connectivity index (χ0v) is 26.1. The van der Waals surface area contributed by atoms with E-state index in [9.17, 15) is 9.59 Å². The van der Waals surface area contributed by atoms with Crippen molar-refractivity contribution in [3.8, 4) is 5.75 Å². The van der Waals surface area contributed by atoms with Gasteiger partial charge >= 0.3 is 12.1 Å². The first-order valence-electron chi connectivity index (χ1n) is 16.1. The number of unbranched alkanes of at least 4 members (excludes halogenated alkanes) is 8. The fourth-order valence-electron chi connectivity index (χ4n) is 5.55. The fraction of sp³-hybridized carbons (Fsp3) is 0.600.